The Hall–Kier alpha value is -4.24. The molecule has 3 rings (SSSR count). The molecule has 6 nitrogen and oxygen atoms in total. The van der Waals surface area contributed by atoms with Crippen molar-refractivity contribution in [3.63, 3.8) is 0 Å². The first kappa shape index (κ1) is 21.5. The van der Waals surface area contributed by atoms with E-state index in [-0.39, 0.29) is 5.91 Å². The average molecular weight is 414 g/mol. The monoisotopic (exact) mass is 414 g/mol. The number of carbonyl (C=O) groups excluding carboxylic acids is 1. The van der Waals surface area contributed by atoms with Crippen LogP contribution in [0.1, 0.15) is 16.7 Å². The maximum Gasteiger partial charge on any atom is 0.248 e. The predicted molar refractivity (Wildman–Crippen MR) is 119 cm³/mol. The fraction of sp³-hybridized carbons (Fsp3) is 0.120. The van der Waals surface area contributed by atoms with Gasteiger partial charge in [-0.1, -0.05) is 18.2 Å². The highest BCUT2D eigenvalue weighted by Gasteiger charge is 2.03. The third-order valence-electron chi connectivity index (χ3n) is 4.36. The highest BCUT2D eigenvalue weighted by molar-refractivity contribution is 6.02. The Balaban J connectivity index is 1.62. The van der Waals surface area contributed by atoms with Crippen LogP contribution < -0.4 is 19.5 Å². The Bertz CT molecular complexity index is 1110. The minimum atomic E-state index is -0.277. The smallest absolute Gasteiger partial charge is 0.248 e. The standard InChI is InChI=1S/C25H22N2O4/c1-29-23-12-18(13-24(15-23)30-2)9-10-25(28)27-21-7-4-8-22(14-21)31-17-20-6-3-5-19(11-20)16-26/h3-15H,17H2,1-2H3,(H,27,28)/b10-9+. The Labute approximate surface area is 181 Å². The molecule has 0 saturated heterocycles. The predicted octanol–water partition coefficient (Wildman–Crippen LogP) is 4.81. The van der Waals surface area contributed by atoms with Crippen molar-refractivity contribution in [3.8, 4) is 23.3 Å². The number of carbonyl (C=O) groups is 1. The minimum Gasteiger partial charge on any atom is -0.497 e. The van der Waals surface area contributed by atoms with E-state index in [1.54, 1.807) is 56.7 Å². The molecule has 6 heteroatoms. The van der Waals surface area contributed by atoms with Crippen molar-refractivity contribution in [2.75, 3.05) is 19.5 Å². The summed E-state index contributed by atoms with van der Waals surface area (Å²) in [4.78, 5) is 12.3. The first-order valence-corrected chi connectivity index (χ1v) is 9.53. The molecule has 3 aromatic carbocycles. The lowest BCUT2D eigenvalue weighted by atomic mass is 10.1. The van der Waals surface area contributed by atoms with Gasteiger partial charge in [-0.2, -0.15) is 5.26 Å². The summed E-state index contributed by atoms with van der Waals surface area (Å²) in [6.07, 6.45) is 3.12. The molecule has 0 fully saturated rings. The van der Waals surface area contributed by atoms with Crippen LogP contribution in [0.3, 0.4) is 0 Å². The molecular weight excluding hydrogens is 392 g/mol. The molecule has 0 unspecified atom stereocenters. The Morgan fingerprint density at radius 2 is 1.71 bits per heavy atom. The van der Waals surface area contributed by atoms with E-state index >= 15 is 0 Å². The largest absolute Gasteiger partial charge is 0.497 e. The van der Waals surface area contributed by atoms with Crippen LogP contribution in [0.5, 0.6) is 17.2 Å². The van der Waals surface area contributed by atoms with E-state index in [0.717, 1.165) is 11.1 Å². The number of ether oxygens (including phenoxy) is 3. The van der Waals surface area contributed by atoms with E-state index in [9.17, 15) is 4.79 Å². The van der Waals surface area contributed by atoms with Crippen LogP contribution in [0.15, 0.2) is 72.8 Å². The van der Waals surface area contributed by atoms with Gasteiger partial charge >= 0.3 is 0 Å². The Kier molecular flexibility index (Phi) is 7.28. The highest BCUT2D eigenvalue weighted by atomic mass is 16.5. The van der Waals surface area contributed by atoms with Crippen molar-refractivity contribution >= 4 is 17.7 Å². The van der Waals surface area contributed by atoms with Gasteiger partial charge < -0.3 is 19.5 Å². The zero-order valence-electron chi connectivity index (χ0n) is 17.3. The van der Waals surface area contributed by atoms with Gasteiger partial charge in [0, 0.05) is 23.9 Å². The van der Waals surface area contributed by atoms with E-state index in [4.69, 9.17) is 19.5 Å². The van der Waals surface area contributed by atoms with Gasteiger partial charge in [-0.25, -0.2) is 0 Å². The lowest BCUT2D eigenvalue weighted by Crippen LogP contribution is -2.07. The number of methoxy groups -OCH3 is 2. The first-order valence-electron chi connectivity index (χ1n) is 9.53. The molecule has 0 aliphatic rings. The van der Waals surface area contributed by atoms with Gasteiger partial charge in [-0.3, -0.25) is 4.79 Å². The molecule has 0 saturated carbocycles. The zero-order valence-corrected chi connectivity index (χ0v) is 17.3. The molecule has 31 heavy (non-hydrogen) atoms. The number of hydrogen-bond acceptors (Lipinski definition) is 5. The molecule has 0 aliphatic heterocycles. The molecule has 156 valence electrons. The summed E-state index contributed by atoms with van der Waals surface area (Å²) in [5.74, 6) is 1.62. The molecule has 0 aliphatic carbocycles. The summed E-state index contributed by atoms with van der Waals surface area (Å²) in [6.45, 7) is 0.324. The molecule has 0 radical (unpaired) electrons. The van der Waals surface area contributed by atoms with Crippen molar-refractivity contribution in [2.24, 2.45) is 0 Å². The van der Waals surface area contributed by atoms with Crippen LogP contribution in [0.4, 0.5) is 5.69 Å². The second-order valence-corrected chi connectivity index (χ2v) is 6.60. The van der Waals surface area contributed by atoms with Crippen LogP contribution in [0, 0.1) is 11.3 Å². The van der Waals surface area contributed by atoms with Crippen LogP contribution in [-0.2, 0) is 11.4 Å². The number of amides is 1. The van der Waals surface area contributed by atoms with E-state index < -0.39 is 0 Å². The SMILES string of the molecule is COc1cc(/C=C/C(=O)Nc2cccc(OCc3cccc(C#N)c3)c2)cc(OC)c1. The third kappa shape index (κ3) is 6.38. The van der Waals surface area contributed by atoms with Crippen LogP contribution in [-0.4, -0.2) is 20.1 Å². The number of benzene rings is 3. The number of nitriles is 1. The van der Waals surface area contributed by atoms with E-state index in [1.165, 1.54) is 6.08 Å². The molecular formula is C25H22N2O4. The quantitative estimate of drug-likeness (QED) is 0.535. The lowest BCUT2D eigenvalue weighted by Gasteiger charge is -2.09. The van der Waals surface area contributed by atoms with Crippen molar-refractivity contribution in [3.05, 3.63) is 89.5 Å². The summed E-state index contributed by atoms with van der Waals surface area (Å²) in [7, 11) is 3.15. The molecule has 0 aromatic heterocycles. The second-order valence-electron chi connectivity index (χ2n) is 6.60. The minimum absolute atomic E-state index is 0.277. The van der Waals surface area contributed by atoms with E-state index in [0.29, 0.717) is 35.1 Å². The summed E-state index contributed by atoms with van der Waals surface area (Å²) >= 11 is 0. The number of hydrogen-bond donors (Lipinski definition) is 1. The van der Waals surface area contributed by atoms with Crippen molar-refractivity contribution < 1.29 is 19.0 Å². The van der Waals surface area contributed by atoms with Crippen molar-refractivity contribution in [1.82, 2.24) is 0 Å². The number of rotatable bonds is 8. The van der Waals surface area contributed by atoms with Gasteiger partial charge in [0.15, 0.2) is 0 Å². The van der Waals surface area contributed by atoms with Gasteiger partial charge in [0.1, 0.15) is 23.9 Å². The fourth-order valence-electron chi connectivity index (χ4n) is 2.84. The molecule has 3 aromatic rings. The van der Waals surface area contributed by atoms with Gasteiger partial charge in [0.25, 0.3) is 0 Å². The van der Waals surface area contributed by atoms with E-state index in [1.807, 2.05) is 30.3 Å². The summed E-state index contributed by atoms with van der Waals surface area (Å²) < 4.78 is 16.3. The molecule has 1 N–H and O–H groups in total. The molecule has 0 atom stereocenters. The van der Waals surface area contributed by atoms with Gasteiger partial charge in [0.05, 0.1) is 25.9 Å². The Morgan fingerprint density at radius 1 is 0.968 bits per heavy atom. The summed E-state index contributed by atoms with van der Waals surface area (Å²) in [6, 6.07) is 21.9. The van der Waals surface area contributed by atoms with Gasteiger partial charge in [0.2, 0.25) is 5.91 Å². The Morgan fingerprint density at radius 3 is 2.42 bits per heavy atom. The summed E-state index contributed by atoms with van der Waals surface area (Å²) in [5.41, 5.74) is 2.87. The van der Waals surface area contributed by atoms with Crippen LogP contribution >= 0.6 is 0 Å². The van der Waals surface area contributed by atoms with Crippen molar-refractivity contribution in [2.45, 2.75) is 6.61 Å². The molecule has 1 amide bonds. The second kappa shape index (κ2) is 10.5. The third-order valence-corrected chi connectivity index (χ3v) is 4.36. The normalized spacial score (nSPS) is 10.4. The van der Waals surface area contributed by atoms with Crippen LogP contribution in [0.2, 0.25) is 0 Å². The molecule has 0 spiro atoms. The van der Waals surface area contributed by atoms with Gasteiger partial charge in [-0.05, 0) is 53.6 Å². The highest BCUT2D eigenvalue weighted by Crippen LogP contribution is 2.23. The topological polar surface area (TPSA) is 80.6 Å². The molecule has 0 bridgehead atoms. The summed E-state index contributed by atoms with van der Waals surface area (Å²) in [5, 5.41) is 11.8. The first-order chi connectivity index (χ1) is 15.1. The van der Waals surface area contributed by atoms with E-state index in [2.05, 4.69) is 11.4 Å². The van der Waals surface area contributed by atoms with Crippen molar-refractivity contribution in [1.29, 1.82) is 5.26 Å². The number of nitrogens with one attached hydrogen (secondary N) is 1. The average Bonchev–Trinajstić information content (AvgIpc) is 2.81. The fourth-order valence-corrected chi connectivity index (χ4v) is 2.84. The maximum absolute atomic E-state index is 12.3. The van der Waals surface area contributed by atoms with Gasteiger partial charge in [-0.15, -0.1) is 0 Å². The zero-order chi connectivity index (χ0) is 22.1. The van der Waals surface area contributed by atoms with Crippen LogP contribution in [0.25, 0.3) is 6.08 Å². The number of anilines is 1. The lowest BCUT2D eigenvalue weighted by molar-refractivity contribution is -0.111. The number of nitrogens with zero attached hydrogens (tertiary/aromatic N) is 1. The molecule has 0 heterocycles. The maximum atomic E-state index is 12.3.